The van der Waals surface area contributed by atoms with Gasteiger partial charge in [0.15, 0.2) is 0 Å². The summed E-state index contributed by atoms with van der Waals surface area (Å²) in [6.07, 6.45) is 0. The number of halogens is 1. The summed E-state index contributed by atoms with van der Waals surface area (Å²) in [5.41, 5.74) is 4.92. The normalized spacial score (nSPS) is 10.1. The average molecular weight is 384 g/mol. The molecule has 0 saturated heterocycles. The number of ether oxygens (including phenoxy) is 2. The predicted octanol–water partition coefficient (Wildman–Crippen LogP) is 5.29. The molecule has 0 fully saturated rings. The van der Waals surface area contributed by atoms with Gasteiger partial charge in [-0.25, -0.2) is 0 Å². The fourth-order valence-electron chi connectivity index (χ4n) is 2.65. The lowest BCUT2D eigenvalue weighted by molar-refractivity contribution is 0.306. The van der Waals surface area contributed by atoms with Crippen molar-refractivity contribution in [3.8, 4) is 11.5 Å². The minimum absolute atomic E-state index is 0. The van der Waals surface area contributed by atoms with Gasteiger partial charge in [-0.15, -0.1) is 12.4 Å². The second-order valence-electron chi connectivity index (χ2n) is 6.37. The molecule has 0 spiro atoms. The molecule has 3 nitrogen and oxygen atoms in total. The molecule has 142 valence electrons. The minimum Gasteiger partial charge on any atom is -0.497 e. The molecule has 0 aromatic heterocycles. The van der Waals surface area contributed by atoms with Crippen LogP contribution in [0.2, 0.25) is 0 Å². The van der Waals surface area contributed by atoms with Crippen LogP contribution >= 0.6 is 12.4 Å². The van der Waals surface area contributed by atoms with Crippen molar-refractivity contribution in [3.63, 3.8) is 0 Å². The summed E-state index contributed by atoms with van der Waals surface area (Å²) < 4.78 is 11.0. The van der Waals surface area contributed by atoms with E-state index in [1.807, 2.05) is 24.3 Å². The van der Waals surface area contributed by atoms with Gasteiger partial charge in [0.25, 0.3) is 0 Å². The molecule has 0 radical (unpaired) electrons. The average Bonchev–Trinajstić information content (AvgIpc) is 2.69. The van der Waals surface area contributed by atoms with Crippen molar-refractivity contribution in [2.75, 3.05) is 7.11 Å². The van der Waals surface area contributed by atoms with Crippen LogP contribution in [0, 0.1) is 6.92 Å². The topological polar surface area (TPSA) is 30.5 Å². The zero-order valence-corrected chi connectivity index (χ0v) is 16.6. The van der Waals surface area contributed by atoms with Crippen molar-refractivity contribution in [3.05, 3.63) is 95.1 Å². The van der Waals surface area contributed by atoms with E-state index in [2.05, 4.69) is 60.8 Å². The Morgan fingerprint density at radius 2 is 1.15 bits per heavy atom. The number of rotatable bonds is 8. The van der Waals surface area contributed by atoms with Crippen molar-refractivity contribution < 1.29 is 9.47 Å². The highest BCUT2D eigenvalue weighted by atomic mass is 35.5. The number of nitrogens with one attached hydrogen (secondary N) is 1. The zero-order chi connectivity index (χ0) is 18.2. The van der Waals surface area contributed by atoms with Gasteiger partial charge in [-0.1, -0.05) is 54.1 Å². The maximum atomic E-state index is 5.85. The largest absolute Gasteiger partial charge is 0.497 e. The Labute approximate surface area is 167 Å². The van der Waals surface area contributed by atoms with Crippen LogP contribution in [0.1, 0.15) is 22.3 Å². The number of hydrogen-bond donors (Lipinski definition) is 1. The molecular weight excluding hydrogens is 358 g/mol. The molecule has 3 rings (SSSR count). The molecule has 0 aliphatic carbocycles. The quantitative estimate of drug-likeness (QED) is 0.573. The maximum Gasteiger partial charge on any atom is 0.119 e. The van der Waals surface area contributed by atoms with Gasteiger partial charge in [0.2, 0.25) is 0 Å². The Morgan fingerprint density at radius 3 is 1.67 bits per heavy atom. The third-order valence-electron chi connectivity index (χ3n) is 4.27. The smallest absolute Gasteiger partial charge is 0.119 e. The third-order valence-corrected chi connectivity index (χ3v) is 4.27. The molecule has 0 bridgehead atoms. The molecule has 0 amide bonds. The van der Waals surface area contributed by atoms with Gasteiger partial charge in [-0.05, 0) is 47.9 Å². The van der Waals surface area contributed by atoms with Crippen LogP contribution in [0.4, 0.5) is 0 Å². The summed E-state index contributed by atoms with van der Waals surface area (Å²) in [7, 11) is 1.68. The highest BCUT2D eigenvalue weighted by molar-refractivity contribution is 5.85. The molecule has 3 aromatic carbocycles. The third kappa shape index (κ3) is 6.63. The molecule has 0 aliphatic heterocycles. The second-order valence-corrected chi connectivity index (χ2v) is 6.37. The molecule has 0 saturated carbocycles. The monoisotopic (exact) mass is 383 g/mol. The van der Waals surface area contributed by atoms with E-state index in [0.717, 1.165) is 24.6 Å². The first-order valence-corrected chi connectivity index (χ1v) is 8.84. The molecular formula is C23H26ClNO2. The number of benzene rings is 3. The number of hydrogen-bond acceptors (Lipinski definition) is 3. The molecule has 0 aliphatic rings. The molecule has 0 atom stereocenters. The van der Waals surface area contributed by atoms with E-state index in [1.54, 1.807) is 7.11 Å². The Kier molecular flexibility index (Phi) is 8.18. The molecule has 0 heterocycles. The number of methoxy groups -OCH3 is 1. The summed E-state index contributed by atoms with van der Waals surface area (Å²) in [5.74, 6) is 1.78. The first-order valence-electron chi connectivity index (χ1n) is 8.84. The fourth-order valence-corrected chi connectivity index (χ4v) is 2.65. The Balaban J connectivity index is 0.00000261. The van der Waals surface area contributed by atoms with Gasteiger partial charge in [0.1, 0.15) is 18.1 Å². The van der Waals surface area contributed by atoms with E-state index < -0.39 is 0 Å². The van der Waals surface area contributed by atoms with Gasteiger partial charge in [-0.2, -0.15) is 0 Å². The lowest BCUT2D eigenvalue weighted by Gasteiger charge is -2.09. The van der Waals surface area contributed by atoms with Crippen molar-refractivity contribution in [2.45, 2.75) is 26.6 Å². The number of aryl methyl sites for hydroxylation is 1. The van der Waals surface area contributed by atoms with Crippen LogP contribution in [0.5, 0.6) is 11.5 Å². The first-order chi connectivity index (χ1) is 12.7. The lowest BCUT2D eigenvalue weighted by atomic mass is 10.1. The van der Waals surface area contributed by atoms with E-state index in [0.29, 0.717) is 6.61 Å². The van der Waals surface area contributed by atoms with Gasteiger partial charge < -0.3 is 14.8 Å². The van der Waals surface area contributed by atoms with Crippen molar-refractivity contribution in [1.29, 1.82) is 0 Å². The highest BCUT2D eigenvalue weighted by Crippen LogP contribution is 2.15. The van der Waals surface area contributed by atoms with Crippen LogP contribution in [-0.4, -0.2) is 7.11 Å². The molecule has 0 unspecified atom stereocenters. The Morgan fingerprint density at radius 1 is 0.667 bits per heavy atom. The second kappa shape index (κ2) is 10.6. The standard InChI is InChI=1S/C23H25NO2.ClH/c1-18-3-5-21(6-4-18)17-26-23-13-9-20(10-14-23)16-24-15-19-7-11-22(25-2)12-8-19;/h3-14,24H,15-17H2,1-2H3;1H. The van der Waals surface area contributed by atoms with E-state index in [1.165, 1.54) is 22.3 Å². The predicted molar refractivity (Wildman–Crippen MR) is 113 cm³/mol. The summed E-state index contributed by atoms with van der Waals surface area (Å²) in [6, 6.07) is 24.8. The van der Waals surface area contributed by atoms with Crippen LogP contribution in [-0.2, 0) is 19.7 Å². The van der Waals surface area contributed by atoms with E-state index >= 15 is 0 Å². The van der Waals surface area contributed by atoms with Crippen LogP contribution in [0.3, 0.4) is 0 Å². The molecule has 27 heavy (non-hydrogen) atoms. The van der Waals surface area contributed by atoms with Crippen LogP contribution in [0.25, 0.3) is 0 Å². The van der Waals surface area contributed by atoms with E-state index in [-0.39, 0.29) is 12.4 Å². The van der Waals surface area contributed by atoms with Gasteiger partial charge >= 0.3 is 0 Å². The highest BCUT2D eigenvalue weighted by Gasteiger charge is 1.99. The Bertz CT molecular complexity index is 799. The van der Waals surface area contributed by atoms with Crippen LogP contribution < -0.4 is 14.8 Å². The van der Waals surface area contributed by atoms with Crippen molar-refractivity contribution in [2.24, 2.45) is 0 Å². The summed E-state index contributed by atoms with van der Waals surface area (Å²) >= 11 is 0. The molecule has 4 heteroatoms. The minimum atomic E-state index is 0. The van der Waals surface area contributed by atoms with E-state index in [4.69, 9.17) is 9.47 Å². The van der Waals surface area contributed by atoms with Gasteiger partial charge in [-0.3, -0.25) is 0 Å². The molecule has 3 aromatic rings. The fraction of sp³-hybridized carbons (Fsp3) is 0.217. The SMILES string of the molecule is COc1ccc(CNCc2ccc(OCc3ccc(C)cc3)cc2)cc1.Cl. The van der Waals surface area contributed by atoms with Gasteiger partial charge in [0, 0.05) is 13.1 Å². The lowest BCUT2D eigenvalue weighted by Crippen LogP contribution is -2.12. The maximum absolute atomic E-state index is 5.85. The van der Waals surface area contributed by atoms with E-state index in [9.17, 15) is 0 Å². The van der Waals surface area contributed by atoms with Crippen LogP contribution in [0.15, 0.2) is 72.8 Å². The zero-order valence-electron chi connectivity index (χ0n) is 15.8. The van der Waals surface area contributed by atoms with Crippen molar-refractivity contribution >= 4 is 12.4 Å². The first kappa shape index (κ1) is 20.8. The summed E-state index contributed by atoms with van der Waals surface area (Å²) in [6.45, 7) is 4.33. The van der Waals surface area contributed by atoms with Crippen molar-refractivity contribution in [1.82, 2.24) is 5.32 Å². The summed E-state index contributed by atoms with van der Waals surface area (Å²) in [4.78, 5) is 0. The summed E-state index contributed by atoms with van der Waals surface area (Å²) in [5, 5.41) is 3.46. The van der Waals surface area contributed by atoms with Gasteiger partial charge in [0.05, 0.1) is 7.11 Å². The molecule has 1 N–H and O–H groups in total. The Hall–Kier alpha value is -2.49.